The molecule has 1 N–H and O–H groups in total. The highest BCUT2D eigenvalue weighted by Crippen LogP contribution is 2.18. The Hall–Kier alpha value is -2.15. The first-order valence-corrected chi connectivity index (χ1v) is 8.49. The van der Waals surface area contributed by atoms with E-state index < -0.39 is 0 Å². The summed E-state index contributed by atoms with van der Waals surface area (Å²) in [7, 11) is 5.98. The molecular weight excluding hydrogens is 302 g/mol. The summed E-state index contributed by atoms with van der Waals surface area (Å²) in [6.45, 7) is 5.14. The molecule has 7 nitrogen and oxygen atoms in total. The number of likely N-dealkylation sites (tertiary alicyclic amines) is 1. The summed E-state index contributed by atoms with van der Waals surface area (Å²) in [4.78, 5) is 13.1. The second kappa shape index (κ2) is 7.17. The smallest absolute Gasteiger partial charge is 0.133 e. The van der Waals surface area contributed by atoms with Gasteiger partial charge in [-0.05, 0) is 32.4 Å². The largest absolute Gasteiger partial charge is 0.366 e. The van der Waals surface area contributed by atoms with Crippen molar-refractivity contribution in [3.63, 3.8) is 0 Å². The zero-order valence-electron chi connectivity index (χ0n) is 15.0. The highest BCUT2D eigenvalue weighted by atomic mass is 15.3. The Kier molecular flexibility index (Phi) is 4.99. The van der Waals surface area contributed by atoms with Crippen molar-refractivity contribution in [3.8, 4) is 0 Å². The first-order valence-electron chi connectivity index (χ1n) is 8.49. The Morgan fingerprint density at radius 3 is 2.83 bits per heavy atom. The number of hydrogen-bond donors (Lipinski definition) is 1. The first-order chi connectivity index (χ1) is 11.5. The molecule has 3 rings (SSSR count). The van der Waals surface area contributed by atoms with Gasteiger partial charge >= 0.3 is 0 Å². The molecule has 2 aromatic rings. The summed E-state index contributed by atoms with van der Waals surface area (Å²) in [5.74, 6) is 1.82. The van der Waals surface area contributed by atoms with Gasteiger partial charge < -0.3 is 10.2 Å². The molecule has 1 atom stereocenters. The minimum atomic E-state index is 0.411. The number of piperidine rings is 1. The van der Waals surface area contributed by atoms with Crippen LogP contribution in [0.3, 0.4) is 0 Å². The molecule has 24 heavy (non-hydrogen) atoms. The molecule has 1 unspecified atom stereocenters. The first kappa shape index (κ1) is 16.7. The number of anilines is 2. The van der Waals surface area contributed by atoms with E-state index in [1.54, 1.807) is 6.33 Å². The predicted molar refractivity (Wildman–Crippen MR) is 96.2 cm³/mol. The van der Waals surface area contributed by atoms with Crippen LogP contribution in [0.2, 0.25) is 0 Å². The van der Waals surface area contributed by atoms with Crippen molar-refractivity contribution < 1.29 is 0 Å². The maximum atomic E-state index is 4.57. The van der Waals surface area contributed by atoms with Gasteiger partial charge in [-0.2, -0.15) is 5.10 Å². The van der Waals surface area contributed by atoms with E-state index in [-0.39, 0.29) is 0 Å². The third-order valence-electron chi connectivity index (χ3n) is 4.52. The normalized spacial score (nSPS) is 18.6. The van der Waals surface area contributed by atoms with E-state index >= 15 is 0 Å². The lowest BCUT2D eigenvalue weighted by atomic mass is 10.1. The molecule has 0 spiro atoms. The fourth-order valence-electron chi connectivity index (χ4n) is 3.14. The molecule has 1 saturated heterocycles. The summed E-state index contributed by atoms with van der Waals surface area (Å²) in [5, 5.41) is 8.14. The molecule has 1 fully saturated rings. The van der Waals surface area contributed by atoms with Crippen molar-refractivity contribution in [2.75, 3.05) is 37.4 Å². The molecule has 0 amide bonds. The molecule has 0 aliphatic carbocycles. The van der Waals surface area contributed by atoms with Crippen LogP contribution in [0.1, 0.15) is 24.2 Å². The number of aromatic nitrogens is 4. The van der Waals surface area contributed by atoms with E-state index in [2.05, 4.69) is 38.3 Å². The molecule has 130 valence electrons. The van der Waals surface area contributed by atoms with Gasteiger partial charge in [-0.3, -0.25) is 9.58 Å². The topological polar surface area (TPSA) is 62.1 Å². The van der Waals surface area contributed by atoms with Crippen LogP contribution in [-0.4, -0.2) is 57.9 Å². The molecule has 0 aromatic carbocycles. The lowest BCUT2D eigenvalue weighted by Gasteiger charge is -2.33. The van der Waals surface area contributed by atoms with E-state index in [0.29, 0.717) is 6.04 Å². The summed E-state index contributed by atoms with van der Waals surface area (Å²) >= 11 is 0. The number of hydrogen-bond acceptors (Lipinski definition) is 6. The highest BCUT2D eigenvalue weighted by Gasteiger charge is 2.21. The molecule has 2 aromatic heterocycles. The Morgan fingerprint density at radius 2 is 2.12 bits per heavy atom. The average Bonchev–Trinajstić information content (AvgIpc) is 2.85. The molecule has 0 saturated carbocycles. The van der Waals surface area contributed by atoms with Crippen molar-refractivity contribution in [3.05, 3.63) is 29.8 Å². The van der Waals surface area contributed by atoms with Gasteiger partial charge in [0.15, 0.2) is 0 Å². The Balaban J connectivity index is 1.60. The van der Waals surface area contributed by atoms with Gasteiger partial charge in [-0.1, -0.05) is 0 Å². The fraction of sp³-hybridized carbons (Fsp3) is 0.588. The summed E-state index contributed by atoms with van der Waals surface area (Å²) in [5.41, 5.74) is 2.35. The molecule has 1 aliphatic heterocycles. The van der Waals surface area contributed by atoms with Crippen LogP contribution in [-0.2, 0) is 13.6 Å². The zero-order chi connectivity index (χ0) is 17.1. The highest BCUT2D eigenvalue weighted by molar-refractivity contribution is 5.47. The van der Waals surface area contributed by atoms with Gasteiger partial charge in [0.1, 0.15) is 18.0 Å². The lowest BCUT2D eigenvalue weighted by molar-refractivity contribution is 0.206. The number of nitrogens with zero attached hydrogens (tertiary/aromatic N) is 6. The predicted octanol–water partition coefficient (Wildman–Crippen LogP) is 1.66. The van der Waals surface area contributed by atoms with E-state index in [1.807, 2.05) is 36.8 Å². The quantitative estimate of drug-likeness (QED) is 0.900. The molecular formula is C17H27N7. The lowest BCUT2D eigenvalue weighted by Crippen LogP contribution is -2.41. The van der Waals surface area contributed by atoms with Crippen molar-refractivity contribution in [2.45, 2.75) is 32.4 Å². The van der Waals surface area contributed by atoms with Crippen molar-refractivity contribution in [1.29, 1.82) is 0 Å². The zero-order valence-corrected chi connectivity index (χ0v) is 15.0. The molecule has 0 bridgehead atoms. The summed E-state index contributed by atoms with van der Waals surface area (Å²) in [6, 6.07) is 4.58. The second-order valence-electron chi connectivity index (χ2n) is 6.78. The number of rotatable bonds is 5. The minimum absolute atomic E-state index is 0.411. The Bertz CT molecular complexity index is 660. The third kappa shape index (κ3) is 4.03. The molecule has 3 heterocycles. The van der Waals surface area contributed by atoms with Crippen LogP contribution in [0.4, 0.5) is 11.6 Å². The standard InChI is InChI=1S/C17H27N7/c1-13-8-15(21-23(13)4)11-24-7-5-6-14(10-24)20-16-9-17(22(2)3)19-12-18-16/h8-9,12,14H,5-7,10-11H2,1-4H3,(H,18,19,20). The van der Waals surface area contributed by atoms with Crippen LogP contribution in [0.25, 0.3) is 0 Å². The fourth-order valence-corrected chi connectivity index (χ4v) is 3.14. The maximum absolute atomic E-state index is 4.57. The Morgan fingerprint density at radius 1 is 1.29 bits per heavy atom. The summed E-state index contributed by atoms with van der Waals surface area (Å²) < 4.78 is 1.94. The van der Waals surface area contributed by atoms with Gasteiger partial charge in [0.2, 0.25) is 0 Å². The SMILES string of the molecule is Cc1cc(CN2CCCC(Nc3cc(N(C)C)ncn3)C2)nn1C. The molecule has 0 radical (unpaired) electrons. The molecule has 1 aliphatic rings. The minimum Gasteiger partial charge on any atom is -0.366 e. The van der Waals surface area contributed by atoms with E-state index in [9.17, 15) is 0 Å². The van der Waals surface area contributed by atoms with Gasteiger partial charge in [-0.25, -0.2) is 9.97 Å². The number of aryl methyl sites for hydroxylation is 2. The Labute approximate surface area is 143 Å². The van der Waals surface area contributed by atoms with Crippen LogP contribution >= 0.6 is 0 Å². The maximum Gasteiger partial charge on any atom is 0.133 e. The number of nitrogens with one attached hydrogen (secondary N) is 1. The van der Waals surface area contributed by atoms with Crippen LogP contribution in [0.5, 0.6) is 0 Å². The molecule has 7 heteroatoms. The van der Waals surface area contributed by atoms with Gasteiger partial charge in [0.05, 0.1) is 5.69 Å². The van der Waals surface area contributed by atoms with E-state index in [0.717, 1.165) is 37.0 Å². The third-order valence-corrected chi connectivity index (χ3v) is 4.52. The van der Waals surface area contributed by atoms with Crippen LogP contribution < -0.4 is 10.2 Å². The average molecular weight is 329 g/mol. The van der Waals surface area contributed by atoms with Crippen LogP contribution in [0, 0.1) is 6.92 Å². The summed E-state index contributed by atoms with van der Waals surface area (Å²) in [6.07, 6.45) is 3.98. The second-order valence-corrected chi connectivity index (χ2v) is 6.78. The van der Waals surface area contributed by atoms with E-state index in [4.69, 9.17) is 0 Å². The van der Waals surface area contributed by atoms with E-state index in [1.165, 1.54) is 18.5 Å². The van der Waals surface area contributed by atoms with Gasteiger partial charge in [-0.15, -0.1) is 0 Å². The van der Waals surface area contributed by atoms with Crippen molar-refractivity contribution in [1.82, 2.24) is 24.6 Å². The van der Waals surface area contributed by atoms with Crippen LogP contribution in [0.15, 0.2) is 18.5 Å². The van der Waals surface area contributed by atoms with Gasteiger partial charge in [0, 0.05) is 52.0 Å². The van der Waals surface area contributed by atoms with Crippen molar-refractivity contribution >= 4 is 11.6 Å². The van der Waals surface area contributed by atoms with Gasteiger partial charge in [0.25, 0.3) is 0 Å². The monoisotopic (exact) mass is 329 g/mol. The van der Waals surface area contributed by atoms with Crippen molar-refractivity contribution in [2.24, 2.45) is 7.05 Å².